The molecule has 18 atom stereocenters. The smallest absolute Gasteiger partial charge is 0.133 e. The number of aliphatic hydroxyl groups excluding tert-OH is 6. The van der Waals surface area contributed by atoms with Crippen LogP contribution in [0.3, 0.4) is 0 Å². The number of hydrogen-bond donors (Lipinski definition) is 8. The molecular formula is C68H76F6N4O12S2. The van der Waals surface area contributed by atoms with Crippen molar-refractivity contribution < 1.29 is 85.4 Å². The van der Waals surface area contributed by atoms with Gasteiger partial charge in [-0.15, -0.1) is 23.5 Å². The Balaban J connectivity index is 0.615. The van der Waals surface area contributed by atoms with Gasteiger partial charge >= 0.3 is 0 Å². The van der Waals surface area contributed by atoms with Crippen LogP contribution < -0.4 is 20.9 Å². The third-order valence-corrected chi connectivity index (χ3v) is 20.7. The summed E-state index contributed by atoms with van der Waals surface area (Å²) in [6.45, 7) is 3.04. The SMILES string of the molecule is CS[C@H]1O[C@@H](c2cccc(Cc3ccc(O[C@@H]4CCN([C@H]5CO[C@H](c6cc(F)cc(CS[C@H]7O[C@@H](c8cc(Cc9ccc(O[C@@H]%10CCN([C@H]%11CO[C@H](c%12cc(F)ccc%12F)[C@@H](N)C%11)C%10)cc9)c(F)cc8F)[C@H](O)[C@@H](O)[C@@H]7O)c6F)[C@@H](N)C5)C4)cc3)c2)[C@H](O)[C@@H](O)[C@@H]1O. The molecule has 0 spiro atoms. The first-order valence-corrected chi connectivity index (χ1v) is 33.4. The maximum Gasteiger partial charge on any atom is 0.133 e. The quantitative estimate of drug-likeness (QED) is 0.0387. The van der Waals surface area contributed by atoms with E-state index in [-0.39, 0.29) is 77.5 Å². The fourth-order valence-electron chi connectivity index (χ4n) is 13.7. The van der Waals surface area contributed by atoms with Gasteiger partial charge in [-0.1, -0.05) is 48.5 Å². The molecule has 0 saturated carbocycles. The first-order chi connectivity index (χ1) is 44.2. The third kappa shape index (κ3) is 14.7. The van der Waals surface area contributed by atoms with Gasteiger partial charge in [0.2, 0.25) is 0 Å². The molecule has 6 aromatic carbocycles. The van der Waals surface area contributed by atoms with Crippen molar-refractivity contribution in [2.75, 3.05) is 45.6 Å². The first-order valence-electron chi connectivity index (χ1n) is 31.0. The molecule has 0 aromatic heterocycles. The molecule has 0 amide bonds. The van der Waals surface area contributed by atoms with Crippen LogP contribution in [-0.4, -0.2) is 170 Å². The van der Waals surface area contributed by atoms with E-state index >= 15 is 17.6 Å². The van der Waals surface area contributed by atoms with E-state index in [9.17, 15) is 39.4 Å². The van der Waals surface area contributed by atoms with Crippen LogP contribution in [0.2, 0.25) is 0 Å². The molecule has 16 nitrogen and oxygen atoms in total. The van der Waals surface area contributed by atoms with Gasteiger partial charge in [-0.2, -0.15) is 0 Å². The molecule has 92 heavy (non-hydrogen) atoms. The number of thioether (sulfide) groups is 2. The first kappa shape index (κ1) is 66.7. The Labute approximate surface area is 537 Å². The molecule has 10 N–H and O–H groups in total. The maximum atomic E-state index is 16.6. The second kappa shape index (κ2) is 28.9. The summed E-state index contributed by atoms with van der Waals surface area (Å²) in [4.78, 5) is 4.43. The number of nitrogens with zero attached hydrogens (tertiary/aromatic N) is 2. The van der Waals surface area contributed by atoms with Crippen LogP contribution in [0.15, 0.2) is 115 Å². The van der Waals surface area contributed by atoms with Gasteiger partial charge in [0.25, 0.3) is 0 Å². The lowest BCUT2D eigenvalue weighted by atomic mass is 9.92. The highest BCUT2D eigenvalue weighted by Crippen LogP contribution is 2.42. The molecule has 0 aliphatic carbocycles. The van der Waals surface area contributed by atoms with E-state index in [1.165, 1.54) is 17.8 Å². The Hall–Kier alpha value is -5.36. The van der Waals surface area contributed by atoms with Gasteiger partial charge in [0.1, 0.15) is 131 Å². The van der Waals surface area contributed by atoms with E-state index in [1.54, 1.807) is 30.5 Å². The van der Waals surface area contributed by atoms with Crippen LogP contribution in [0, 0.1) is 34.9 Å². The Bertz CT molecular complexity index is 3520. The number of rotatable bonds is 18. The minimum atomic E-state index is -1.87. The van der Waals surface area contributed by atoms with Crippen molar-refractivity contribution in [1.82, 2.24) is 9.80 Å². The van der Waals surface area contributed by atoms with Crippen molar-refractivity contribution in [2.24, 2.45) is 11.5 Å². The molecule has 24 heteroatoms. The highest BCUT2D eigenvalue weighted by molar-refractivity contribution is 7.99. The number of nitrogens with two attached hydrogens (primary N) is 2. The van der Waals surface area contributed by atoms with E-state index in [4.69, 9.17) is 39.9 Å². The van der Waals surface area contributed by atoms with Crippen LogP contribution in [0.5, 0.6) is 11.5 Å². The minimum absolute atomic E-state index is 0.0140. The normalized spacial score (nSPS) is 32.2. The van der Waals surface area contributed by atoms with Crippen molar-refractivity contribution in [1.29, 1.82) is 0 Å². The average molecular weight is 1320 g/mol. The molecule has 494 valence electrons. The predicted octanol–water partition coefficient (Wildman–Crippen LogP) is 7.58. The molecule has 12 rings (SSSR count). The fourth-order valence-corrected chi connectivity index (χ4v) is 15.5. The number of benzene rings is 6. The Morgan fingerprint density at radius 1 is 0.511 bits per heavy atom. The fraction of sp³-hybridized carbons (Fsp3) is 0.471. The summed E-state index contributed by atoms with van der Waals surface area (Å²) >= 11 is 2.06. The third-order valence-electron chi connectivity index (χ3n) is 18.7. The molecule has 0 bridgehead atoms. The molecule has 6 aliphatic rings. The standard InChI is InChI=1S/C68H76F6N4O12S2/c1-91-67-61(83)57(79)59(81)63(89-67)37-4-2-3-36(21-37)19-34-5-10-44(11-6-34)87-46-16-18-78(30-46)43-27-55(76)65(86-32-43)50-25-41(70)22-39(56(50)74)33-92-68-62(84)58(80)60(82)66(90-68)48-23-38(52(72)28-53(48)73)20-35-7-12-45(13-8-35)88-47-15-17-77(29-47)42-26-54(75)64(85-31-42)49-24-40(69)9-14-51(49)71/h2-14,21-25,28,42-43,46-47,54-55,57-68,79-84H,15-20,26-27,29-33,75-76H2,1H3/t42-,43-,46-,47-,54+,55+,57-,58-,59-,60-,61+,62+,63+,64-,65-,66+,67-,68-/m1/s1. The van der Waals surface area contributed by atoms with Crippen LogP contribution in [0.25, 0.3) is 0 Å². The molecular weight excluding hydrogens is 1240 g/mol. The van der Waals surface area contributed by atoms with Crippen LogP contribution >= 0.6 is 23.5 Å². The number of aliphatic hydroxyl groups is 6. The summed E-state index contributed by atoms with van der Waals surface area (Å²) < 4.78 is 129. The number of hydrogen-bond acceptors (Lipinski definition) is 18. The van der Waals surface area contributed by atoms with E-state index in [0.29, 0.717) is 80.6 Å². The average Bonchev–Trinajstić information content (AvgIpc) is 0.959. The van der Waals surface area contributed by atoms with Gasteiger partial charge in [0.15, 0.2) is 0 Å². The van der Waals surface area contributed by atoms with E-state index in [2.05, 4.69) is 9.80 Å². The predicted molar refractivity (Wildman–Crippen MR) is 331 cm³/mol. The van der Waals surface area contributed by atoms with Crippen molar-refractivity contribution >= 4 is 23.5 Å². The molecule has 6 heterocycles. The van der Waals surface area contributed by atoms with Gasteiger partial charge in [-0.05, 0) is 127 Å². The number of halogens is 6. The molecule has 6 fully saturated rings. The van der Waals surface area contributed by atoms with Crippen LogP contribution in [0.1, 0.15) is 100 Å². The zero-order chi connectivity index (χ0) is 64.6. The Morgan fingerprint density at radius 3 is 1.67 bits per heavy atom. The summed E-state index contributed by atoms with van der Waals surface area (Å²) in [5.74, 6) is -3.69. The Kier molecular flexibility index (Phi) is 21.0. The lowest BCUT2D eigenvalue weighted by Crippen LogP contribution is -2.53. The van der Waals surface area contributed by atoms with Crippen LogP contribution in [-0.2, 0) is 37.5 Å². The zero-order valence-electron chi connectivity index (χ0n) is 50.3. The summed E-state index contributed by atoms with van der Waals surface area (Å²) in [5, 5.41) is 64.9. The topological polar surface area (TPSA) is 235 Å². The van der Waals surface area contributed by atoms with Crippen molar-refractivity contribution in [3.05, 3.63) is 200 Å². The summed E-state index contributed by atoms with van der Waals surface area (Å²) in [6, 6.07) is 28.1. The highest BCUT2D eigenvalue weighted by atomic mass is 32.2. The summed E-state index contributed by atoms with van der Waals surface area (Å²) in [5.41, 5.74) is 14.0. The van der Waals surface area contributed by atoms with Crippen molar-refractivity contribution in [3.8, 4) is 11.5 Å². The second-order valence-corrected chi connectivity index (χ2v) is 27.0. The highest BCUT2D eigenvalue weighted by Gasteiger charge is 2.47. The maximum absolute atomic E-state index is 16.6. The molecule has 6 aliphatic heterocycles. The second-order valence-electron chi connectivity index (χ2n) is 25.0. The van der Waals surface area contributed by atoms with Gasteiger partial charge in [0.05, 0.1) is 13.2 Å². The summed E-state index contributed by atoms with van der Waals surface area (Å²) in [6.07, 6.45) is -9.09. The lowest BCUT2D eigenvalue weighted by molar-refractivity contribution is -0.200. The van der Waals surface area contributed by atoms with Crippen LogP contribution in [0.4, 0.5) is 26.3 Å². The van der Waals surface area contributed by atoms with Gasteiger partial charge in [-0.3, -0.25) is 9.80 Å². The molecule has 0 radical (unpaired) electrons. The van der Waals surface area contributed by atoms with E-state index < -0.39 is 119 Å². The molecule has 6 aromatic rings. The monoisotopic (exact) mass is 1320 g/mol. The lowest BCUT2D eigenvalue weighted by Gasteiger charge is -2.40. The van der Waals surface area contributed by atoms with Crippen molar-refractivity contribution in [3.63, 3.8) is 0 Å². The molecule has 6 saturated heterocycles. The van der Waals surface area contributed by atoms with Crippen molar-refractivity contribution in [2.45, 2.75) is 153 Å². The van der Waals surface area contributed by atoms with Gasteiger partial charge in [-0.25, -0.2) is 26.3 Å². The Morgan fingerprint density at radius 2 is 1.07 bits per heavy atom. The van der Waals surface area contributed by atoms with E-state index in [1.807, 2.05) is 48.5 Å². The van der Waals surface area contributed by atoms with Gasteiger partial charge < -0.3 is 70.5 Å². The number of likely N-dealkylation sites (tertiary alicyclic amines) is 2. The number of ether oxygens (including phenoxy) is 6. The van der Waals surface area contributed by atoms with Gasteiger partial charge in [0, 0.05) is 90.8 Å². The minimum Gasteiger partial charge on any atom is -0.489 e. The zero-order valence-corrected chi connectivity index (χ0v) is 52.0. The van der Waals surface area contributed by atoms with E-state index in [0.717, 1.165) is 59.6 Å². The summed E-state index contributed by atoms with van der Waals surface area (Å²) in [7, 11) is 0. The molecule has 0 unspecified atom stereocenters. The largest absolute Gasteiger partial charge is 0.489 e.